The Labute approximate surface area is 183 Å². The van der Waals surface area contributed by atoms with Gasteiger partial charge in [-0.25, -0.2) is 4.98 Å². The van der Waals surface area contributed by atoms with Gasteiger partial charge in [0.2, 0.25) is 0 Å². The molecule has 1 aromatic heterocycles. The third kappa shape index (κ3) is 5.60. The topological polar surface area (TPSA) is 60.2 Å². The molecule has 1 aliphatic carbocycles. The minimum Gasteiger partial charge on any atom is -0.406 e. The van der Waals surface area contributed by atoms with Crippen molar-refractivity contribution in [2.75, 3.05) is 5.73 Å². The minimum absolute atomic E-state index is 0.197. The molecule has 0 saturated heterocycles. The summed E-state index contributed by atoms with van der Waals surface area (Å²) in [6, 6.07) is 14.1. The number of pyridine rings is 1. The van der Waals surface area contributed by atoms with E-state index in [0.29, 0.717) is 29.3 Å². The quantitative estimate of drug-likeness (QED) is 0.488. The average molecular weight is 450 g/mol. The van der Waals surface area contributed by atoms with Crippen molar-refractivity contribution in [2.45, 2.75) is 50.6 Å². The number of nitrogens with two attached hydrogens (primary N) is 1. The van der Waals surface area contributed by atoms with Gasteiger partial charge < -0.3 is 15.8 Å². The van der Waals surface area contributed by atoms with Crippen LogP contribution in [-0.2, 0) is 6.54 Å². The van der Waals surface area contributed by atoms with Gasteiger partial charge in [0.25, 0.3) is 0 Å². The maximum Gasteiger partial charge on any atom is 0.573 e. The third-order valence-electron chi connectivity index (χ3n) is 5.72. The van der Waals surface area contributed by atoms with Gasteiger partial charge in [0.1, 0.15) is 11.6 Å². The van der Waals surface area contributed by atoms with Crippen molar-refractivity contribution in [3.63, 3.8) is 0 Å². The first-order chi connectivity index (χ1) is 14.8. The second-order valence-electron chi connectivity index (χ2n) is 7.92. The highest BCUT2D eigenvalue weighted by molar-refractivity contribution is 6.31. The second kappa shape index (κ2) is 8.93. The van der Waals surface area contributed by atoms with Crippen LogP contribution in [0.5, 0.6) is 5.75 Å². The zero-order valence-electron chi connectivity index (χ0n) is 16.8. The van der Waals surface area contributed by atoms with Gasteiger partial charge in [-0.2, -0.15) is 0 Å². The fourth-order valence-electron chi connectivity index (χ4n) is 4.31. The molecule has 0 spiro atoms. The molecular weight excluding hydrogens is 427 g/mol. The van der Waals surface area contributed by atoms with E-state index in [1.165, 1.54) is 17.7 Å². The molecule has 164 valence electrons. The summed E-state index contributed by atoms with van der Waals surface area (Å²) in [7, 11) is 0. The first-order valence-corrected chi connectivity index (χ1v) is 10.6. The maximum absolute atomic E-state index is 12.4. The molecule has 0 amide bonds. The molecule has 0 aliphatic heterocycles. The first-order valence-electron chi connectivity index (χ1n) is 10.2. The van der Waals surface area contributed by atoms with Crippen molar-refractivity contribution >= 4 is 28.3 Å². The molecule has 0 radical (unpaired) electrons. The summed E-state index contributed by atoms with van der Waals surface area (Å²) in [5.41, 5.74) is 8.79. The number of nitrogens with zero attached hydrogens (tertiary/aromatic N) is 1. The van der Waals surface area contributed by atoms with Gasteiger partial charge in [-0.05, 0) is 73.1 Å². The van der Waals surface area contributed by atoms with E-state index < -0.39 is 6.36 Å². The van der Waals surface area contributed by atoms with Gasteiger partial charge in [-0.3, -0.25) is 0 Å². The number of nitrogens with one attached hydrogen (secondary N) is 1. The van der Waals surface area contributed by atoms with Crippen LogP contribution in [0.25, 0.3) is 10.9 Å². The van der Waals surface area contributed by atoms with Crippen LogP contribution < -0.4 is 15.8 Å². The lowest BCUT2D eigenvalue weighted by molar-refractivity contribution is -0.274. The predicted molar refractivity (Wildman–Crippen MR) is 116 cm³/mol. The van der Waals surface area contributed by atoms with Crippen LogP contribution in [0.4, 0.5) is 19.0 Å². The molecule has 1 aliphatic rings. The number of hydrogen-bond acceptors (Lipinski definition) is 4. The normalized spacial score (nSPS) is 19.5. The Morgan fingerprint density at radius 1 is 1.06 bits per heavy atom. The lowest BCUT2D eigenvalue weighted by Crippen LogP contribution is -2.32. The molecule has 1 heterocycles. The number of benzene rings is 2. The fraction of sp³-hybridized carbons (Fsp3) is 0.348. The van der Waals surface area contributed by atoms with Crippen LogP contribution in [0, 0.1) is 0 Å². The number of fused-ring (bicyclic) bond motifs is 1. The lowest BCUT2D eigenvalue weighted by atomic mass is 9.80. The summed E-state index contributed by atoms with van der Waals surface area (Å²) in [5.74, 6) is 0.680. The molecule has 8 heteroatoms. The number of rotatable bonds is 5. The van der Waals surface area contributed by atoms with Crippen LogP contribution in [0.2, 0.25) is 5.02 Å². The molecule has 4 nitrogen and oxygen atoms in total. The van der Waals surface area contributed by atoms with Gasteiger partial charge in [-0.1, -0.05) is 29.8 Å². The molecule has 0 unspecified atom stereocenters. The van der Waals surface area contributed by atoms with Crippen LogP contribution in [-0.4, -0.2) is 17.4 Å². The predicted octanol–water partition coefficient (Wildman–Crippen LogP) is 6.19. The van der Waals surface area contributed by atoms with Crippen molar-refractivity contribution in [1.82, 2.24) is 10.3 Å². The maximum atomic E-state index is 12.4. The Morgan fingerprint density at radius 2 is 1.84 bits per heavy atom. The Morgan fingerprint density at radius 3 is 2.58 bits per heavy atom. The van der Waals surface area contributed by atoms with E-state index in [-0.39, 0.29) is 5.75 Å². The van der Waals surface area contributed by atoms with E-state index in [9.17, 15) is 13.2 Å². The number of alkyl halides is 3. The van der Waals surface area contributed by atoms with Crippen LogP contribution >= 0.6 is 11.6 Å². The van der Waals surface area contributed by atoms with Crippen molar-refractivity contribution in [3.8, 4) is 5.75 Å². The molecule has 1 saturated carbocycles. The summed E-state index contributed by atoms with van der Waals surface area (Å²) in [4.78, 5) is 4.40. The van der Waals surface area contributed by atoms with Gasteiger partial charge in [0.15, 0.2) is 0 Å². The molecule has 0 atom stereocenters. The number of halogens is 4. The summed E-state index contributed by atoms with van der Waals surface area (Å²) < 4.78 is 41.2. The summed E-state index contributed by atoms with van der Waals surface area (Å²) in [6.45, 7) is 0.494. The van der Waals surface area contributed by atoms with Gasteiger partial charge >= 0.3 is 6.36 Å². The van der Waals surface area contributed by atoms with E-state index in [1.54, 1.807) is 12.1 Å². The summed E-state index contributed by atoms with van der Waals surface area (Å²) in [5, 5.41) is 5.18. The molecule has 31 heavy (non-hydrogen) atoms. The fourth-order valence-corrected chi connectivity index (χ4v) is 4.48. The number of hydrogen-bond donors (Lipinski definition) is 2. The monoisotopic (exact) mass is 449 g/mol. The largest absolute Gasteiger partial charge is 0.573 e. The first kappa shape index (κ1) is 21.7. The standard InChI is InChI=1S/C23H23ClF3N3O/c24-16-6-9-19-20(12-22(28)30-21(19)11-16)15-4-7-17(8-5-15)29-13-14-2-1-3-18(10-14)31-23(25,26)27/h1-3,6,9-12,15,17,29H,4-5,7-8,13H2,(H2,28,30). The van der Waals surface area contributed by atoms with Crippen molar-refractivity contribution < 1.29 is 17.9 Å². The number of anilines is 1. The van der Waals surface area contributed by atoms with Crippen LogP contribution in [0.3, 0.4) is 0 Å². The molecular formula is C23H23ClF3N3O. The zero-order valence-corrected chi connectivity index (χ0v) is 17.5. The van der Waals surface area contributed by atoms with E-state index >= 15 is 0 Å². The Kier molecular flexibility index (Phi) is 6.25. The van der Waals surface area contributed by atoms with E-state index in [0.717, 1.165) is 42.1 Å². The Balaban J connectivity index is 1.37. The molecule has 3 aromatic rings. The zero-order chi connectivity index (χ0) is 22.0. The number of aromatic nitrogens is 1. The summed E-state index contributed by atoms with van der Waals surface area (Å²) in [6.07, 6.45) is -0.746. The van der Waals surface area contributed by atoms with Gasteiger partial charge in [0.05, 0.1) is 5.52 Å². The van der Waals surface area contributed by atoms with Crippen molar-refractivity contribution in [3.05, 3.63) is 64.7 Å². The Bertz CT molecular complexity index is 1060. The third-order valence-corrected chi connectivity index (χ3v) is 5.95. The highest BCUT2D eigenvalue weighted by Gasteiger charge is 2.31. The highest BCUT2D eigenvalue weighted by Crippen LogP contribution is 2.37. The molecule has 4 rings (SSSR count). The SMILES string of the molecule is Nc1cc(C2CCC(NCc3cccc(OC(F)(F)F)c3)CC2)c2ccc(Cl)cc2n1. The van der Waals surface area contributed by atoms with Gasteiger partial charge in [-0.15, -0.1) is 13.2 Å². The van der Waals surface area contributed by atoms with Crippen LogP contribution in [0.15, 0.2) is 48.5 Å². The highest BCUT2D eigenvalue weighted by atomic mass is 35.5. The van der Waals surface area contributed by atoms with Gasteiger partial charge in [0, 0.05) is 23.0 Å². The lowest BCUT2D eigenvalue weighted by Gasteiger charge is -2.30. The van der Waals surface area contributed by atoms with Crippen molar-refractivity contribution in [1.29, 1.82) is 0 Å². The number of ether oxygens (including phenoxy) is 1. The smallest absolute Gasteiger partial charge is 0.406 e. The average Bonchev–Trinajstić information content (AvgIpc) is 2.71. The van der Waals surface area contributed by atoms with Crippen molar-refractivity contribution in [2.24, 2.45) is 0 Å². The van der Waals surface area contributed by atoms with E-state index in [1.807, 2.05) is 24.3 Å². The Hall–Kier alpha value is -2.51. The van der Waals surface area contributed by atoms with E-state index in [2.05, 4.69) is 15.0 Å². The minimum atomic E-state index is -4.68. The molecule has 1 fully saturated rings. The molecule has 3 N–H and O–H groups in total. The molecule has 0 bridgehead atoms. The number of nitrogen functional groups attached to an aromatic ring is 1. The summed E-state index contributed by atoms with van der Waals surface area (Å²) >= 11 is 6.10. The second-order valence-corrected chi connectivity index (χ2v) is 8.36. The van der Waals surface area contributed by atoms with E-state index in [4.69, 9.17) is 17.3 Å². The molecule has 2 aromatic carbocycles. The van der Waals surface area contributed by atoms with Crippen LogP contribution in [0.1, 0.15) is 42.7 Å².